The summed E-state index contributed by atoms with van der Waals surface area (Å²) in [5.41, 5.74) is 7.12. The molecule has 0 aliphatic carbocycles. The minimum absolute atomic E-state index is 0.882. The summed E-state index contributed by atoms with van der Waals surface area (Å²) in [4.78, 5) is 16.2. The molecule has 0 atom stereocenters. The summed E-state index contributed by atoms with van der Waals surface area (Å²) in [6.45, 7) is 10.9. The lowest BCUT2D eigenvalue weighted by molar-refractivity contribution is -0.192. The largest absolute Gasteiger partial charge is 0.490 e. The summed E-state index contributed by atoms with van der Waals surface area (Å²) < 4.78 is 33.9. The minimum atomic E-state index is -5.08. The molecular formula is C24H31F3N4O2. The maximum atomic E-state index is 10.6. The molecule has 3 rings (SSSR count). The number of nitrogens with zero attached hydrogens (tertiary/aromatic N) is 3. The minimum Gasteiger partial charge on any atom is -0.475 e. The van der Waals surface area contributed by atoms with E-state index in [2.05, 4.69) is 85.9 Å². The number of hydrogen-bond donors (Lipinski definition) is 2. The van der Waals surface area contributed by atoms with Crippen molar-refractivity contribution < 1.29 is 23.1 Å². The van der Waals surface area contributed by atoms with Crippen molar-refractivity contribution in [2.24, 2.45) is 7.05 Å². The maximum Gasteiger partial charge on any atom is 0.490 e. The molecule has 0 fully saturated rings. The number of halogens is 3. The third-order valence-corrected chi connectivity index (χ3v) is 5.07. The number of hydrogen-bond acceptors (Lipinski definition) is 4. The molecule has 0 bridgehead atoms. The normalized spacial score (nSPS) is 11.2. The van der Waals surface area contributed by atoms with Gasteiger partial charge in [-0.3, -0.25) is 0 Å². The average Bonchev–Trinajstić information content (AvgIpc) is 3.05. The van der Waals surface area contributed by atoms with Crippen molar-refractivity contribution in [3.05, 3.63) is 47.5 Å². The second-order valence-electron chi connectivity index (χ2n) is 7.87. The van der Waals surface area contributed by atoms with E-state index in [0.29, 0.717) is 0 Å². The number of para-hydroxylation sites is 1. The van der Waals surface area contributed by atoms with Crippen molar-refractivity contribution in [3.63, 3.8) is 0 Å². The highest BCUT2D eigenvalue weighted by atomic mass is 19.4. The van der Waals surface area contributed by atoms with Gasteiger partial charge in [0, 0.05) is 25.8 Å². The van der Waals surface area contributed by atoms with Gasteiger partial charge >= 0.3 is 12.1 Å². The lowest BCUT2D eigenvalue weighted by Crippen LogP contribution is -2.25. The number of aliphatic carboxylic acids is 1. The van der Waals surface area contributed by atoms with Crippen LogP contribution in [0.3, 0.4) is 0 Å². The van der Waals surface area contributed by atoms with E-state index in [1.54, 1.807) is 0 Å². The fourth-order valence-corrected chi connectivity index (χ4v) is 3.58. The van der Waals surface area contributed by atoms with E-state index in [1.165, 1.54) is 22.3 Å². The van der Waals surface area contributed by atoms with Gasteiger partial charge in [0.15, 0.2) is 0 Å². The number of carboxylic acid groups (broad SMARTS) is 1. The number of aryl methyl sites for hydroxylation is 3. The first-order valence-corrected chi connectivity index (χ1v) is 10.8. The average molecular weight is 465 g/mol. The van der Waals surface area contributed by atoms with Crippen LogP contribution >= 0.6 is 0 Å². The molecule has 2 aromatic carbocycles. The number of carboxylic acids is 1. The molecular weight excluding hydrogens is 433 g/mol. The van der Waals surface area contributed by atoms with Gasteiger partial charge in [-0.2, -0.15) is 13.2 Å². The van der Waals surface area contributed by atoms with E-state index >= 15 is 0 Å². The first-order chi connectivity index (χ1) is 15.5. The molecule has 2 N–H and O–H groups in total. The summed E-state index contributed by atoms with van der Waals surface area (Å²) in [5.74, 6) is -1.88. The van der Waals surface area contributed by atoms with Crippen LogP contribution in [0.2, 0.25) is 0 Å². The Morgan fingerprint density at radius 1 is 1.12 bits per heavy atom. The standard InChI is InChI=1S/C22H30N4.C2HF3O2/c1-6-13-26(14-7-2)20-10-8-9-19-21(20)25(5)22(24-19)23-18-12-11-16(3)15-17(18)4;3-2(4,5)1(6)7/h8-12,15H,6-7,13-14H2,1-5H3,(H,23,24);(H,6,7). The highest BCUT2D eigenvalue weighted by Crippen LogP contribution is 2.31. The number of carbonyl (C=O) groups is 1. The Bertz CT molecular complexity index is 1090. The summed E-state index contributed by atoms with van der Waals surface area (Å²) in [6, 6.07) is 12.9. The number of aromatic nitrogens is 2. The van der Waals surface area contributed by atoms with Crippen LogP contribution in [-0.4, -0.2) is 39.9 Å². The number of rotatable bonds is 7. The van der Waals surface area contributed by atoms with Gasteiger partial charge in [-0.15, -0.1) is 0 Å². The molecule has 0 saturated heterocycles. The first kappa shape index (κ1) is 26.0. The topological polar surface area (TPSA) is 70.4 Å². The van der Waals surface area contributed by atoms with E-state index in [9.17, 15) is 13.2 Å². The molecule has 0 amide bonds. The van der Waals surface area contributed by atoms with Crippen LogP contribution in [0.4, 0.5) is 30.5 Å². The van der Waals surface area contributed by atoms with Crippen molar-refractivity contribution in [2.75, 3.05) is 23.3 Å². The Morgan fingerprint density at radius 2 is 1.73 bits per heavy atom. The number of anilines is 3. The van der Waals surface area contributed by atoms with Crippen molar-refractivity contribution in [3.8, 4) is 0 Å². The Hall–Kier alpha value is -3.23. The molecule has 0 spiro atoms. The summed E-state index contributed by atoms with van der Waals surface area (Å²) in [5, 5.41) is 10.6. The van der Waals surface area contributed by atoms with Gasteiger partial charge in [0.05, 0.1) is 16.7 Å². The molecule has 1 aromatic heterocycles. The molecule has 0 aliphatic rings. The molecule has 6 nitrogen and oxygen atoms in total. The quantitative estimate of drug-likeness (QED) is 0.436. The lowest BCUT2D eigenvalue weighted by atomic mass is 10.1. The van der Waals surface area contributed by atoms with E-state index in [4.69, 9.17) is 14.9 Å². The van der Waals surface area contributed by atoms with Crippen LogP contribution in [0, 0.1) is 13.8 Å². The zero-order valence-corrected chi connectivity index (χ0v) is 19.6. The second kappa shape index (κ2) is 11.1. The predicted octanol–water partition coefficient (Wildman–Crippen LogP) is 6.19. The Kier molecular flexibility index (Phi) is 8.73. The van der Waals surface area contributed by atoms with Crippen LogP contribution in [0.1, 0.15) is 37.8 Å². The highest BCUT2D eigenvalue weighted by molar-refractivity contribution is 5.91. The number of fused-ring (bicyclic) bond motifs is 1. The van der Waals surface area contributed by atoms with Gasteiger partial charge < -0.3 is 19.9 Å². The summed E-state index contributed by atoms with van der Waals surface area (Å²) in [6.07, 6.45) is -2.80. The maximum absolute atomic E-state index is 10.6. The van der Waals surface area contributed by atoms with E-state index in [1.807, 2.05) is 0 Å². The smallest absolute Gasteiger partial charge is 0.475 e. The third kappa shape index (κ3) is 6.63. The van der Waals surface area contributed by atoms with Gasteiger partial charge in [-0.05, 0) is 50.5 Å². The Labute approximate surface area is 192 Å². The molecule has 0 radical (unpaired) electrons. The molecule has 33 heavy (non-hydrogen) atoms. The van der Waals surface area contributed by atoms with E-state index < -0.39 is 12.1 Å². The van der Waals surface area contributed by atoms with Gasteiger partial charge in [-0.1, -0.05) is 37.6 Å². The summed E-state index contributed by atoms with van der Waals surface area (Å²) in [7, 11) is 2.10. The zero-order chi connectivity index (χ0) is 24.8. The number of nitrogens with one attached hydrogen (secondary N) is 1. The number of benzene rings is 2. The fourth-order valence-electron chi connectivity index (χ4n) is 3.58. The fraction of sp³-hybridized carbons (Fsp3) is 0.417. The number of alkyl halides is 3. The highest BCUT2D eigenvalue weighted by Gasteiger charge is 2.38. The molecule has 9 heteroatoms. The van der Waals surface area contributed by atoms with Crippen molar-refractivity contribution in [2.45, 2.75) is 46.7 Å². The molecule has 1 heterocycles. The van der Waals surface area contributed by atoms with Crippen molar-refractivity contribution in [1.29, 1.82) is 0 Å². The Balaban J connectivity index is 0.000000479. The van der Waals surface area contributed by atoms with Crippen molar-refractivity contribution >= 4 is 34.3 Å². The molecule has 180 valence electrons. The molecule has 0 saturated carbocycles. The Morgan fingerprint density at radius 3 is 2.24 bits per heavy atom. The van der Waals surface area contributed by atoms with Gasteiger partial charge in [0.1, 0.15) is 0 Å². The number of imidazole rings is 1. The van der Waals surface area contributed by atoms with Crippen molar-refractivity contribution in [1.82, 2.24) is 9.55 Å². The van der Waals surface area contributed by atoms with E-state index in [-0.39, 0.29) is 0 Å². The van der Waals surface area contributed by atoms with Crippen LogP contribution in [0.25, 0.3) is 11.0 Å². The summed E-state index contributed by atoms with van der Waals surface area (Å²) >= 11 is 0. The monoisotopic (exact) mass is 464 g/mol. The van der Waals surface area contributed by atoms with Crippen LogP contribution < -0.4 is 10.2 Å². The third-order valence-electron chi connectivity index (χ3n) is 5.07. The van der Waals surface area contributed by atoms with Crippen LogP contribution in [-0.2, 0) is 11.8 Å². The van der Waals surface area contributed by atoms with E-state index in [0.717, 1.165) is 43.1 Å². The predicted molar refractivity (Wildman–Crippen MR) is 126 cm³/mol. The van der Waals surface area contributed by atoms with Crippen LogP contribution in [0.5, 0.6) is 0 Å². The molecule has 0 unspecified atom stereocenters. The molecule has 3 aromatic rings. The van der Waals surface area contributed by atoms with Gasteiger partial charge in [-0.25, -0.2) is 9.78 Å². The lowest BCUT2D eigenvalue weighted by Gasteiger charge is -2.25. The van der Waals surface area contributed by atoms with Gasteiger partial charge in [0.2, 0.25) is 5.95 Å². The molecule has 0 aliphatic heterocycles. The first-order valence-electron chi connectivity index (χ1n) is 10.8. The SMILES string of the molecule is CCCN(CCC)c1cccc2nc(Nc3ccc(C)cc3C)n(C)c12.O=C(O)C(F)(F)F. The van der Waals surface area contributed by atoms with Gasteiger partial charge in [0.25, 0.3) is 0 Å². The second-order valence-corrected chi connectivity index (χ2v) is 7.87. The zero-order valence-electron chi connectivity index (χ0n) is 19.6. The van der Waals surface area contributed by atoms with Crippen LogP contribution in [0.15, 0.2) is 36.4 Å².